The monoisotopic (exact) mass is 458 g/mol. The summed E-state index contributed by atoms with van der Waals surface area (Å²) in [7, 11) is 2.98. The molecule has 9 heteroatoms. The Bertz CT molecular complexity index is 1290. The van der Waals surface area contributed by atoms with Gasteiger partial charge in [0.1, 0.15) is 6.17 Å². The predicted octanol–water partition coefficient (Wildman–Crippen LogP) is 3.24. The number of carbonyl (C=O) groups excluding carboxylic acids is 3. The van der Waals surface area contributed by atoms with E-state index >= 15 is 0 Å². The molecule has 2 aliphatic rings. The molecule has 0 fully saturated rings. The van der Waals surface area contributed by atoms with Crippen molar-refractivity contribution in [1.29, 1.82) is 0 Å². The van der Waals surface area contributed by atoms with Gasteiger partial charge in [-0.15, -0.1) is 0 Å². The van der Waals surface area contributed by atoms with Crippen LogP contribution < -0.4 is 19.7 Å². The Morgan fingerprint density at radius 3 is 2.50 bits per heavy atom. The molecular weight excluding hydrogens is 436 g/mol. The van der Waals surface area contributed by atoms with Crippen molar-refractivity contribution in [3.63, 3.8) is 0 Å². The molecule has 2 aromatic carbocycles. The maximum Gasteiger partial charge on any atom is 0.264 e. The third kappa shape index (κ3) is 3.33. The van der Waals surface area contributed by atoms with E-state index in [0.717, 1.165) is 0 Å². The number of carbonyl (C=O) groups is 3. The van der Waals surface area contributed by atoms with Crippen LogP contribution in [0.1, 0.15) is 38.9 Å². The van der Waals surface area contributed by atoms with E-state index < -0.39 is 6.17 Å². The molecular formula is C25H22N4O5. The molecule has 3 heterocycles. The SMILES string of the molecule is COc1ccc2c(c1OC)C(=O)N1c3ccccc3C(=O)N(CCC(=O)Nc3ccncc3)[C@H]21. The molecule has 1 N–H and O–H groups in total. The highest BCUT2D eigenvalue weighted by molar-refractivity contribution is 6.18. The van der Waals surface area contributed by atoms with Gasteiger partial charge in [-0.2, -0.15) is 0 Å². The standard InChI is InChI=1S/C25H22N4O5/c1-33-19-8-7-17-21(22(19)34-2)25(32)29-18-6-4-3-5-16(18)24(31)28(23(17)29)14-11-20(30)27-15-9-12-26-13-10-15/h3-10,12-13,23H,11,14H2,1-2H3,(H,26,27,30)/t23-/m0/s1. The van der Waals surface area contributed by atoms with E-state index in [2.05, 4.69) is 10.3 Å². The lowest BCUT2D eigenvalue weighted by Crippen LogP contribution is -2.49. The highest BCUT2D eigenvalue weighted by Gasteiger charge is 2.49. The number of hydrogen-bond acceptors (Lipinski definition) is 6. The third-order valence-corrected chi connectivity index (χ3v) is 6.03. The minimum absolute atomic E-state index is 0.0530. The maximum atomic E-state index is 13.6. The molecule has 2 aliphatic heterocycles. The van der Waals surface area contributed by atoms with E-state index in [1.54, 1.807) is 70.7 Å². The van der Waals surface area contributed by atoms with Crippen molar-refractivity contribution in [2.75, 3.05) is 31.0 Å². The van der Waals surface area contributed by atoms with Gasteiger partial charge in [-0.3, -0.25) is 24.3 Å². The molecule has 9 nitrogen and oxygen atoms in total. The van der Waals surface area contributed by atoms with Crippen molar-refractivity contribution in [2.24, 2.45) is 0 Å². The molecule has 0 spiro atoms. The van der Waals surface area contributed by atoms with Crippen molar-refractivity contribution in [1.82, 2.24) is 9.88 Å². The predicted molar refractivity (Wildman–Crippen MR) is 124 cm³/mol. The Labute approximate surface area is 195 Å². The third-order valence-electron chi connectivity index (χ3n) is 6.03. The maximum absolute atomic E-state index is 13.6. The van der Waals surface area contributed by atoms with E-state index in [1.165, 1.54) is 14.2 Å². The molecule has 0 radical (unpaired) electrons. The summed E-state index contributed by atoms with van der Waals surface area (Å²) in [6.07, 6.45) is 2.53. The number of amides is 3. The van der Waals surface area contributed by atoms with Gasteiger partial charge in [-0.1, -0.05) is 18.2 Å². The molecule has 1 aromatic heterocycles. The summed E-state index contributed by atoms with van der Waals surface area (Å²) in [5.41, 5.74) is 2.52. The van der Waals surface area contributed by atoms with E-state index in [-0.39, 0.29) is 30.7 Å². The van der Waals surface area contributed by atoms with E-state index in [1.807, 2.05) is 0 Å². The van der Waals surface area contributed by atoms with Crippen molar-refractivity contribution in [3.8, 4) is 11.5 Å². The smallest absolute Gasteiger partial charge is 0.264 e. The van der Waals surface area contributed by atoms with Crippen LogP contribution in [0.15, 0.2) is 60.9 Å². The number of hydrogen-bond donors (Lipinski definition) is 1. The number of methoxy groups -OCH3 is 2. The Balaban J connectivity index is 1.53. The number of para-hydroxylation sites is 1. The zero-order valence-electron chi connectivity index (χ0n) is 18.6. The first kappa shape index (κ1) is 21.4. The van der Waals surface area contributed by atoms with Crippen molar-refractivity contribution in [3.05, 3.63) is 77.6 Å². The molecule has 0 saturated carbocycles. The second-order valence-electron chi connectivity index (χ2n) is 7.86. The van der Waals surface area contributed by atoms with Gasteiger partial charge in [-0.05, 0) is 30.3 Å². The average Bonchev–Trinajstić information content (AvgIpc) is 3.16. The summed E-state index contributed by atoms with van der Waals surface area (Å²) in [5, 5.41) is 2.80. The molecule has 0 saturated heterocycles. The van der Waals surface area contributed by atoms with E-state index in [9.17, 15) is 14.4 Å². The summed E-state index contributed by atoms with van der Waals surface area (Å²) in [6.45, 7) is 0.117. The van der Waals surface area contributed by atoms with Gasteiger partial charge in [0.15, 0.2) is 11.5 Å². The minimum atomic E-state index is -0.696. The largest absolute Gasteiger partial charge is 0.493 e. The fourth-order valence-electron chi connectivity index (χ4n) is 4.53. The van der Waals surface area contributed by atoms with Crippen LogP contribution in [0.25, 0.3) is 0 Å². The van der Waals surface area contributed by atoms with Crippen LogP contribution in [-0.2, 0) is 4.79 Å². The molecule has 34 heavy (non-hydrogen) atoms. The molecule has 172 valence electrons. The first-order valence-corrected chi connectivity index (χ1v) is 10.7. The normalized spacial score (nSPS) is 16.0. The number of ether oxygens (including phenoxy) is 2. The molecule has 3 amide bonds. The summed E-state index contributed by atoms with van der Waals surface area (Å²) >= 11 is 0. The van der Waals surface area contributed by atoms with Gasteiger partial charge >= 0.3 is 0 Å². The first-order chi connectivity index (χ1) is 16.5. The number of anilines is 2. The Morgan fingerprint density at radius 1 is 1.00 bits per heavy atom. The number of nitrogens with zero attached hydrogens (tertiary/aromatic N) is 3. The van der Waals surface area contributed by atoms with E-state index in [0.29, 0.717) is 39.6 Å². The van der Waals surface area contributed by atoms with Crippen molar-refractivity contribution >= 4 is 29.1 Å². The van der Waals surface area contributed by atoms with Crippen LogP contribution in [-0.4, -0.2) is 48.4 Å². The summed E-state index contributed by atoms with van der Waals surface area (Å²) in [5.74, 6) is -0.0377. The molecule has 5 rings (SSSR count). The zero-order chi connectivity index (χ0) is 23.8. The highest BCUT2D eigenvalue weighted by Crippen LogP contribution is 2.49. The van der Waals surface area contributed by atoms with Gasteiger partial charge < -0.3 is 19.7 Å². The number of fused-ring (bicyclic) bond motifs is 5. The van der Waals surface area contributed by atoms with Crippen LogP contribution in [0.3, 0.4) is 0 Å². The van der Waals surface area contributed by atoms with Crippen LogP contribution in [0.2, 0.25) is 0 Å². The highest BCUT2D eigenvalue weighted by atomic mass is 16.5. The van der Waals surface area contributed by atoms with Crippen molar-refractivity contribution in [2.45, 2.75) is 12.6 Å². The number of nitrogens with one attached hydrogen (secondary N) is 1. The Kier molecular flexibility index (Phi) is 5.37. The summed E-state index contributed by atoms with van der Waals surface area (Å²) in [4.78, 5) is 46.8. The second-order valence-corrected chi connectivity index (χ2v) is 7.86. The molecule has 0 aliphatic carbocycles. The van der Waals surface area contributed by atoms with Gasteiger partial charge in [0.2, 0.25) is 5.91 Å². The lowest BCUT2D eigenvalue weighted by molar-refractivity contribution is -0.116. The van der Waals surface area contributed by atoms with Gasteiger partial charge in [0.05, 0.1) is 31.0 Å². The van der Waals surface area contributed by atoms with Crippen LogP contribution in [0, 0.1) is 0 Å². The topological polar surface area (TPSA) is 101 Å². The number of rotatable bonds is 6. The molecule has 1 atom stereocenters. The Morgan fingerprint density at radius 2 is 1.76 bits per heavy atom. The molecule has 0 unspecified atom stereocenters. The molecule has 0 bridgehead atoms. The fraction of sp³-hybridized carbons (Fsp3) is 0.200. The average molecular weight is 458 g/mol. The molecule has 3 aromatic rings. The summed E-state index contributed by atoms with van der Waals surface area (Å²) < 4.78 is 10.9. The van der Waals surface area contributed by atoms with E-state index in [4.69, 9.17) is 9.47 Å². The quantitative estimate of drug-likeness (QED) is 0.609. The van der Waals surface area contributed by atoms with Crippen LogP contribution in [0.4, 0.5) is 11.4 Å². The number of aromatic nitrogens is 1. The van der Waals surface area contributed by atoms with Crippen molar-refractivity contribution < 1.29 is 23.9 Å². The Hall–Kier alpha value is -4.40. The lowest BCUT2D eigenvalue weighted by Gasteiger charge is -2.40. The lowest BCUT2D eigenvalue weighted by atomic mass is 10.0. The zero-order valence-corrected chi connectivity index (χ0v) is 18.6. The number of pyridine rings is 1. The van der Waals surface area contributed by atoms with Gasteiger partial charge in [0.25, 0.3) is 11.8 Å². The van der Waals surface area contributed by atoms with Gasteiger partial charge in [0, 0.05) is 36.6 Å². The van der Waals surface area contributed by atoms with Crippen LogP contribution in [0.5, 0.6) is 11.5 Å². The van der Waals surface area contributed by atoms with Crippen LogP contribution >= 0.6 is 0 Å². The second kappa shape index (κ2) is 8.51. The minimum Gasteiger partial charge on any atom is -0.493 e. The summed E-state index contributed by atoms with van der Waals surface area (Å²) in [6, 6.07) is 13.8. The van der Waals surface area contributed by atoms with Gasteiger partial charge in [-0.25, -0.2) is 0 Å². The first-order valence-electron chi connectivity index (χ1n) is 10.7. The number of benzene rings is 2. The fourth-order valence-corrected chi connectivity index (χ4v) is 4.53.